The number of rotatable bonds is 4. The van der Waals surface area contributed by atoms with Crippen molar-refractivity contribution < 1.29 is 23.1 Å². The van der Waals surface area contributed by atoms with Gasteiger partial charge in [0.05, 0.1) is 10.5 Å². The molecule has 2 rings (SSSR count). The van der Waals surface area contributed by atoms with Crippen LogP contribution in [0.5, 0.6) is 0 Å². The van der Waals surface area contributed by atoms with Gasteiger partial charge in [-0.25, -0.2) is 13.2 Å². The van der Waals surface area contributed by atoms with Gasteiger partial charge in [0, 0.05) is 26.3 Å². The number of hydrogen-bond acceptors (Lipinski definition) is 4. The van der Waals surface area contributed by atoms with Crippen LogP contribution in [0.15, 0.2) is 29.2 Å². The second-order valence-electron chi connectivity index (χ2n) is 4.69. The predicted molar refractivity (Wildman–Crippen MR) is 72.2 cm³/mol. The first-order valence-corrected chi connectivity index (χ1v) is 7.76. The van der Waals surface area contributed by atoms with Gasteiger partial charge in [0.15, 0.2) is 0 Å². The average Bonchev–Trinajstić information content (AvgIpc) is 2.47. The summed E-state index contributed by atoms with van der Waals surface area (Å²) >= 11 is 0. The van der Waals surface area contributed by atoms with E-state index in [0.717, 1.165) is 0 Å². The number of aromatic carboxylic acids is 1. The SMILES string of the molecule is CN(C1CCOCC1)S(=O)(=O)c1ccc(C(=O)O)cc1. The van der Waals surface area contributed by atoms with E-state index in [1.54, 1.807) is 7.05 Å². The zero-order valence-electron chi connectivity index (χ0n) is 11.2. The third-order valence-electron chi connectivity index (χ3n) is 3.48. The van der Waals surface area contributed by atoms with E-state index in [2.05, 4.69) is 0 Å². The molecule has 0 saturated carbocycles. The van der Waals surface area contributed by atoms with E-state index in [-0.39, 0.29) is 16.5 Å². The third-order valence-corrected chi connectivity index (χ3v) is 5.41. The van der Waals surface area contributed by atoms with E-state index in [4.69, 9.17) is 9.84 Å². The summed E-state index contributed by atoms with van der Waals surface area (Å²) in [7, 11) is -2.04. The van der Waals surface area contributed by atoms with Crippen LogP contribution < -0.4 is 0 Å². The first-order valence-electron chi connectivity index (χ1n) is 6.32. The smallest absolute Gasteiger partial charge is 0.335 e. The van der Waals surface area contributed by atoms with Crippen LogP contribution in [0.2, 0.25) is 0 Å². The fourth-order valence-corrected chi connectivity index (χ4v) is 3.60. The van der Waals surface area contributed by atoms with Gasteiger partial charge in [-0.3, -0.25) is 0 Å². The molecule has 0 unspecified atom stereocenters. The van der Waals surface area contributed by atoms with Crippen molar-refractivity contribution in [2.24, 2.45) is 0 Å². The summed E-state index contributed by atoms with van der Waals surface area (Å²) in [6, 6.07) is 5.18. The summed E-state index contributed by atoms with van der Waals surface area (Å²) in [6.45, 7) is 1.12. The standard InChI is InChI=1S/C13H17NO5S/c1-14(11-6-8-19-9-7-11)20(17,18)12-4-2-10(3-5-12)13(15)16/h2-5,11H,6-9H2,1H3,(H,15,16). The van der Waals surface area contributed by atoms with Crippen molar-refractivity contribution in [3.63, 3.8) is 0 Å². The first kappa shape index (κ1) is 15.0. The van der Waals surface area contributed by atoms with Gasteiger partial charge in [-0.2, -0.15) is 4.31 Å². The summed E-state index contributed by atoms with van der Waals surface area (Å²) in [6.07, 6.45) is 1.34. The number of hydrogen-bond donors (Lipinski definition) is 1. The van der Waals surface area contributed by atoms with E-state index in [1.807, 2.05) is 0 Å². The molecule has 1 aromatic rings. The summed E-state index contributed by atoms with van der Waals surface area (Å²) in [5, 5.41) is 8.82. The van der Waals surface area contributed by atoms with E-state index < -0.39 is 16.0 Å². The number of benzene rings is 1. The number of carbonyl (C=O) groups is 1. The fraction of sp³-hybridized carbons (Fsp3) is 0.462. The highest BCUT2D eigenvalue weighted by atomic mass is 32.2. The molecule has 1 aromatic carbocycles. The van der Waals surface area contributed by atoms with Crippen molar-refractivity contribution in [3.8, 4) is 0 Å². The van der Waals surface area contributed by atoms with Crippen molar-refractivity contribution >= 4 is 16.0 Å². The van der Waals surface area contributed by atoms with Crippen molar-refractivity contribution in [1.82, 2.24) is 4.31 Å². The molecule has 1 heterocycles. The van der Waals surface area contributed by atoms with Crippen molar-refractivity contribution in [2.75, 3.05) is 20.3 Å². The fourth-order valence-electron chi connectivity index (χ4n) is 2.18. The second kappa shape index (κ2) is 5.90. The monoisotopic (exact) mass is 299 g/mol. The Labute approximate surface area is 118 Å². The van der Waals surface area contributed by atoms with Gasteiger partial charge >= 0.3 is 5.97 Å². The Balaban J connectivity index is 2.22. The molecular formula is C13H17NO5S. The van der Waals surface area contributed by atoms with Crippen LogP contribution in [0.3, 0.4) is 0 Å². The molecule has 1 N–H and O–H groups in total. The maximum Gasteiger partial charge on any atom is 0.335 e. The van der Waals surface area contributed by atoms with E-state index in [9.17, 15) is 13.2 Å². The van der Waals surface area contributed by atoms with Gasteiger partial charge in [0.25, 0.3) is 0 Å². The van der Waals surface area contributed by atoms with E-state index in [1.165, 1.54) is 28.6 Å². The quantitative estimate of drug-likeness (QED) is 0.902. The third kappa shape index (κ3) is 3.00. The van der Waals surface area contributed by atoms with Crippen molar-refractivity contribution in [1.29, 1.82) is 0 Å². The van der Waals surface area contributed by atoms with Gasteiger partial charge in [-0.05, 0) is 37.1 Å². The Bertz CT molecular complexity index is 575. The molecule has 1 fully saturated rings. The largest absolute Gasteiger partial charge is 0.478 e. The molecule has 20 heavy (non-hydrogen) atoms. The van der Waals surface area contributed by atoms with Crippen molar-refractivity contribution in [3.05, 3.63) is 29.8 Å². The minimum absolute atomic E-state index is 0.0673. The van der Waals surface area contributed by atoms with Gasteiger partial charge in [-0.1, -0.05) is 0 Å². The summed E-state index contributed by atoms with van der Waals surface area (Å²) in [5.41, 5.74) is 0.0673. The summed E-state index contributed by atoms with van der Waals surface area (Å²) in [5.74, 6) is -1.08. The molecule has 6 nitrogen and oxygen atoms in total. The normalized spacial score (nSPS) is 17.3. The predicted octanol–water partition coefficient (Wildman–Crippen LogP) is 1.18. The molecule has 0 aliphatic carbocycles. The van der Waals surface area contributed by atoms with Gasteiger partial charge in [-0.15, -0.1) is 0 Å². The highest BCUT2D eigenvalue weighted by Gasteiger charge is 2.29. The van der Waals surface area contributed by atoms with Crippen molar-refractivity contribution in [2.45, 2.75) is 23.8 Å². The number of carboxylic acids is 1. The van der Waals surface area contributed by atoms with Crippen LogP contribution in [-0.2, 0) is 14.8 Å². The number of carboxylic acid groups (broad SMARTS) is 1. The molecule has 1 saturated heterocycles. The average molecular weight is 299 g/mol. The lowest BCUT2D eigenvalue weighted by atomic mass is 10.1. The van der Waals surface area contributed by atoms with Gasteiger partial charge < -0.3 is 9.84 Å². The summed E-state index contributed by atoms with van der Waals surface area (Å²) in [4.78, 5) is 10.9. The minimum Gasteiger partial charge on any atom is -0.478 e. The molecule has 1 aliphatic rings. The number of ether oxygens (including phenoxy) is 1. The van der Waals surface area contributed by atoms with Gasteiger partial charge in [0.2, 0.25) is 10.0 Å². The molecule has 0 bridgehead atoms. The van der Waals surface area contributed by atoms with Crippen LogP contribution in [0.4, 0.5) is 0 Å². The van der Waals surface area contributed by atoms with Crippen LogP contribution in [0, 0.1) is 0 Å². The van der Waals surface area contributed by atoms with E-state index in [0.29, 0.717) is 26.1 Å². The zero-order chi connectivity index (χ0) is 14.8. The van der Waals surface area contributed by atoms with Crippen LogP contribution in [0.1, 0.15) is 23.2 Å². The molecule has 1 aliphatic heterocycles. The maximum absolute atomic E-state index is 12.5. The Morgan fingerprint density at radius 2 is 1.80 bits per heavy atom. The van der Waals surface area contributed by atoms with Crippen LogP contribution in [0.25, 0.3) is 0 Å². The van der Waals surface area contributed by atoms with Gasteiger partial charge in [0.1, 0.15) is 0 Å². The Morgan fingerprint density at radius 1 is 1.25 bits per heavy atom. The zero-order valence-corrected chi connectivity index (χ0v) is 12.0. The van der Waals surface area contributed by atoms with E-state index >= 15 is 0 Å². The molecular weight excluding hydrogens is 282 g/mol. The van der Waals surface area contributed by atoms with Crippen LogP contribution >= 0.6 is 0 Å². The Morgan fingerprint density at radius 3 is 2.30 bits per heavy atom. The molecule has 0 amide bonds. The molecule has 0 atom stereocenters. The lowest BCUT2D eigenvalue weighted by Gasteiger charge is -2.30. The molecule has 0 spiro atoms. The minimum atomic E-state index is -3.60. The highest BCUT2D eigenvalue weighted by Crippen LogP contribution is 2.22. The first-order chi connectivity index (χ1) is 9.43. The highest BCUT2D eigenvalue weighted by molar-refractivity contribution is 7.89. The Kier molecular flexibility index (Phi) is 4.42. The molecule has 0 aromatic heterocycles. The Hall–Kier alpha value is -1.44. The lowest BCUT2D eigenvalue weighted by molar-refractivity contribution is 0.0631. The summed E-state index contributed by atoms with van der Waals surface area (Å²) < 4.78 is 31.5. The maximum atomic E-state index is 12.5. The second-order valence-corrected chi connectivity index (χ2v) is 6.69. The molecule has 110 valence electrons. The number of sulfonamides is 1. The number of nitrogens with zero attached hydrogens (tertiary/aromatic N) is 1. The lowest BCUT2D eigenvalue weighted by Crippen LogP contribution is -2.40. The topological polar surface area (TPSA) is 83.9 Å². The van der Waals surface area contributed by atoms with Crippen LogP contribution in [-0.4, -0.2) is 50.1 Å². The molecule has 0 radical (unpaired) electrons. The molecule has 7 heteroatoms.